The molecule has 8 heteroatoms. The van der Waals surface area contributed by atoms with Crippen LogP contribution in [-0.2, 0) is 16.4 Å². The monoisotopic (exact) mass is 365 g/mol. The van der Waals surface area contributed by atoms with Crippen molar-refractivity contribution >= 4 is 39.0 Å². The summed E-state index contributed by atoms with van der Waals surface area (Å²) in [5, 5.41) is 3.18. The Bertz CT molecular complexity index is 897. The van der Waals surface area contributed by atoms with Gasteiger partial charge in [-0.05, 0) is 49.2 Å². The number of fused-ring (bicyclic) bond motifs is 1. The predicted molar refractivity (Wildman–Crippen MR) is 94.1 cm³/mol. The van der Waals surface area contributed by atoms with Crippen molar-refractivity contribution in [2.45, 2.75) is 19.4 Å². The van der Waals surface area contributed by atoms with E-state index in [4.69, 9.17) is 11.6 Å². The Balaban J connectivity index is 1.86. The number of hydrogen-bond acceptors (Lipinski definition) is 4. The maximum absolute atomic E-state index is 12.3. The van der Waals surface area contributed by atoms with E-state index < -0.39 is 10.0 Å². The highest BCUT2D eigenvalue weighted by Gasteiger charge is 2.32. The van der Waals surface area contributed by atoms with Crippen LogP contribution >= 0.6 is 11.6 Å². The maximum atomic E-state index is 12.3. The summed E-state index contributed by atoms with van der Waals surface area (Å²) in [5.74, 6) is 0.0918. The van der Waals surface area contributed by atoms with Crippen molar-refractivity contribution in [1.82, 2.24) is 4.98 Å². The van der Waals surface area contributed by atoms with Crippen LogP contribution in [0.4, 0.5) is 11.5 Å². The van der Waals surface area contributed by atoms with E-state index in [1.165, 1.54) is 16.8 Å². The van der Waals surface area contributed by atoms with Crippen LogP contribution in [0.25, 0.3) is 0 Å². The molecule has 1 atom stereocenters. The van der Waals surface area contributed by atoms with E-state index in [1.807, 2.05) is 6.92 Å². The molecule has 6 nitrogen and oxygen atoms in total. The standard InChI is InChI=1S/C16H16ClN3O3S/c1-10-7-12-8-11(3-5-14(12)20(10)24(2,22)23)16(21)19-15-6-4-13(17)9-18-15/h3-6,8-10H,7H2,1-2H3,(H,18,19,21). The van der Waals surface area contributed by atoms with Gasteiger partial charge in [-0.25, -0.2) is 13.4 Å². The SMILES string of the molecule is CC1Cc2cc(C(=O)Nc3ccc(Cl)cn3)ccc2N1S(C)(=O)=O. The molecule has 0 bridgehead atoms. The second-order valence-electron chi connectivity index (χ2n) is 5.77. The van der Waals surface area contributed by atoms with Gasteiger partial charge < -0.3 is 5.32 Å². The van der Waals surface area contributed by atoms with Crippen LogP contribution in [-0.4, -0.2) is 31.6 Å². The molecule has 126 valence electrons. The molecular weight excluding hydrogens is 350 g/mol. The lowest BCUT2D eigenvalue weighted by molar-refractivity contribution is 0.102. The highest BCUT2D eigenvalue weighted by atomic mass is 35.5. The van der Waals surface area contributed by atoms with Crippen LogP contribution in [0.15, 0.2) is 36.5 Å². The van der Waals surface area contributed by atoms with Crippen molar-refractivity contribution in [2.24, 2.45) is 0 Å². The minimum atomic E-state index is -3.34. The minimum absolute atomic E-state index is 0.161. The van der Waals surface area contributed by atoms with Gasteiger partial charge in [0.1, 0.15) is 5.82 Å². The first-order valence-corrected chi connectivity index (χ1v) is 9.53. The number of benzene rings is 1. The first-order chi connectivity index (χ1) is 11.3. The van der Waals surface area contributed by atoms with Gasteiger partial charge in [0, 0.05) is 17.8 Å². The van der Waals surface area contributed by atoms with Crippen molar-refractivity contribution in [2.75, 3.05) is 15.9 Å². The molecule has 24 heavy (non-hydrogen) atoms. The summed E-state index contributed by atoms with van der Waals surface area (Å²) in [4.78, 5) is 16.4. The lowest BCUT2D eigenvalue weighted by atomic mass is 10.1. The van der Waals surface area contributed by atoms with Gasteiger partial charge in [-0.1, -0.05) is 11.6 Å². The third-order valence-electron chi connectivity index (χ3n) is 3.82. The molecule has 2 heterocycles. The number of pyridine rings is 1. The second kappa shape index (κ2) is 6.07. The Kier molecular flexibility index (Phi) is 4.23. The molecule has 0 aliphatic carbocycles. The Morgan fingerprint density at radius 3 is 2.71 bits per heavy atom. The number of aromatic nitrogens is 1. The van der Waals surface area contributed by atoms with Gasteiger partial charge in [-0.15, -0.1) is 0 Å². The molecule has 1 aliphatic heterocycles. The summed E-state index contributed by atoms with van der Waals surface area (Å²) in [7, 11) is -3.34. The van der Waals surface area contributed by atoms with E-state index >= 15 is 0 Å². The number of halogens is 1. The van der Waals surface area contributed by atoms with Gasteiger partial charge in [-0.3, -0.25) is 9.10 Å². The van der Waals surface area contributed by atoms with E-state index in [0.717, 1.165) is 5.56 Å². The molecule has 1 amide bonds. The van der Waals surface area contributed by atoms with Gasteiger partial charge >= 0.3 is 0 Å². The van der Waals surface area contributed by atoms with Crippen LogP contribution in [0, 0.1) is 0 Å². The zero-order valence-corrected chi connectivity index (χ0v) is 14.7. The molecular formula is C16H16ClN3O3S. The van der Waals surface area contributed by atoms with E-state index in [1.54, 1.807) is 30.3 Å². The molecule has 1 aromatic carbocycles. The van der Waals surface area contributed by atoms with Gasteiger partial charge in [0.25, 0.3) is 5.91 Å². The lowest BCUT2D eigenvalue weighted by Crippen LogP contribution is -2.34. The number of rotatable bonds is 3. The number of nitrogens with zero attached hydrogens (tertiary/aromatic N) is 2. The Hall–Kier alpha value is -2.12. The largest absolute Gasteiger partial charge is 0.307 e. The molecule has 0 saturated heterocycles. The maximum Gasteiger partial charge on any atom is 0.256 e. The topological polar surface area (TPSA) is 79.4 Å². The van der Waals surface area contributed by atoms with Crippen molar-refractivity contribution in [1.29, 1.82) is 0 Å². The average Bonchev–Trinajstić information content (AvgIpc) is 2.84. The van der Waals surface area contributed by atoms with Crippen LogP contribution in [0.2, 0.25) is 5.02 Å². The van der Waals surface area contributed by atoms with E-state index in [2.05, 4.69) is 10.3 Å². The molecule has 1 aliphatic rings. The second-order valence-corrected chi connectivity index (χ2v) is 8.07. The number of amides is 1. The number of carbonyl (C=O) groups excluding carboxylic acids is 1. The first kappa shape index (κ1) is 16.7. The Labute approximate surface area is 145 Å². The molecule has 1 N–H and O–H groups in total. The molecule has 0 spiro atoms. The van der Waals surface area contributed by atoms with Crippen molar-refractivity contribution in [3.8, 4) is 0 Å². The third-order valence-corrected chi connectivity index (χ3v) is 5.32. The van der Waals surface area contributed by atoms with Crippen molar-refractivity contribution in [3.63, 3.8) is 0 Å². The zero-order valence-electron chi connectivity index (χ0n) is 13.2. The number of nitrogens with one attached hydrogen (secondary N) is 1. The van der Waals surface area contributed by atoms with Crippen LogP contribution in [0.1, 0.15) is 22.8 Å². The van der Waals surface area contributed by atoms with Crippen LogP contribution in [0.5, 0.6) is 0 Å². The normalized spacial score (nSPS) is 16.8. The number of hydrogen-bond donors (Lipinski definition) is 1. The van der Waals surface area contributed by atoms with E-state index in [-0.39, 0.29) is 11.9 Å². The summed E-state index contributed by atoms with van der Waals surface area (Å²) in [6.07, 6.45) is 3.21. The highest BCUT2D eigenvalue weighted by molar-refractivity contribution is 7.92. The van der Waals surface area contributed by atoms with Crippen LogP contribution in [0.3, 0.4) is 0 Å². The summed E-state index contributed by atoms with van der Waals surface area (Å²) in [6.45, 7) is 1.85. The molecule has 3 rings (SSSR count). The fourth-order valence-corrected chi connectivity index (χ4v) is 4.26. The fourth-order valence-electron chi connectivity index (χ4n) is 2.89. The molecule has 1 unspecified atom stereocenters. The Morgan fingerprint density at radius 1 is 1.33 bits per heavy atom. The number of sulfonamides is 1. The summed E-state index contributed by atoms with van der Waals surface area (Å²) in [6, 6.07) is 8.10. The van der Waals surface area contributed by atoms with Gasteiger partial charge in [0.2, 0.25) is 10.0 Å². The fraction of sp³-hybridized carbons (Fsp3) is 0.250. The Morgan fingerprint density at radius 2 is 2.08 bits per heavy atom. The average molecular weight is 366 g/mol. The number of anilines is 2. The van der Waals surface area contributed by atoms with Crippen LogP contribution < -0.4 is 9.62 Å². The van der Waals surface area contributed by atoms with Gasteiger partial charge in [0.05, 0.1) is 17.0 Å². The van der Waals surface area contributed by atoms with E-state index in [0.29, 0.717) is 28.5 Å². The third kappa shape index (κ3) is 3.22. The quantitative estimate of drug-likeness (QED) is 0.906. The first-order valence-electron chi connectivity index (χ1n) is 7.31. The zero-order chi connectivity index (χ0) is 17.5. The smallest absolute Gasteiger partial charge is 0.256 e. The highest BCUT2D eigenvalue weighted by Crippen LogP contribution is 2.34. The number of carbonyl (C=O) groups is 1. The molecule has 0 saturated carbocycles. The predicted octanol–water partition coefficient (Wildman–Crippen LogP) is 2.70. The van der Waals surface area contributed by atoms with Crippen molar-refractivity contribution in [3.05, 3.63) is 52.7 Å². The van der Waals surface area contributed by atoms with Gasteiger partial charge in [0.15, 0.2) is 0 Å². The lowest BCUT2D eigenvalue weighted by Gasteiger charge is -2.21. The summed E-state index contributed by atoms with van der Waals surface area (Å²) < 4.78 is 25.2. The minimum Gasteiger partial charge on any atom is -0.307 e. The van der Waals surface area contributed by atoms with E-state index in [9.17, 15) is 13.2 Å². The molecule has 1 aromatic heterocycles. The van der Waals surface area contributed by atoms with Gasteiger partial charge in [-0.2, -0.15) is 0 Å². The molecule has 2 aromatic rings. The molecule has 0 radical (unpaired) electrons. The summed E-state index contributed by atoms with van der Waals surface area (Å²) >= 11 is 5.76. The van der Waals surface area contributed by atoms with Crippen molar-refractivity contribution < 1.29 is 13.2 Å². The molecule has 0 fully saturated rings. The summed E-state index contributed by atoms with van der Waals surface area (Å²) in [5.41, 5.74) is 1.92.